The van der Waals surface area contributed by atoms with Gasteiger partial charge < -0.3 is 10.1 Å². The molecule has 0 spiro atoms. The van der Waals surface area contributed by atoms with Gasteiger partial charge in [0.25, 0.3) is 5.91 Å². The maximum Gasteiger partial charge on any atom is 0.267 e. The third-order valence-corrected chi connectivity index (χ3v) is 6.36. The van der Waals surface area contributed by atoms with Gasteiger partial charge in [0.05, 0.1) is 18.5 Å². The van der Waals surface area contributed by atoms with Crippen LogP contribution in [-0.2, 0) is 20.2 Å². The van der Waals surface area contributed by atoms with Gasteiger partial charge in [0, 0.05) is 9.26 Å². The molecule has 0 aromatic heterocycles. The van der Waals surface area contributed by atoms with Gasteiger partial charge in [-0.2, -0.15) is 0 Å². The maximum atomic E-state index is 12.7. The highest BCUT2D eigenvalue weighted by molar-refractivity contribution is 14.1. The van der Waals surface area contributed by atoms with Gasteiger partial charge in [0.1, 0.15) is 5.75 Å². The molecule has 1 aliphatic rings. The molecule has 1 heterocycles. The fourth-order valence-corrected chi connectivity index (χ4v) is 4.19. The maximum absolute atomic E-state index is 12.7. The van der Waals surface area contributed by atoms with Gasteiger partial charge in [-0.3, -0.25) is 9.10 Å². The molecule has 0 saturated carbocycles. The summed E-state index contributed by atoms with van der Waals surface area (Å²) in [5, 5.41) is 2.79. The molecule has 1 aliphatic heterocycles. The normalized spacial score (nSPS) is 16.9. The van der Waals surface area contributed by atoms with Crippen molar-refractivity contribution in [3.8, 4) is 5.75 Å². The zero-order valence-electron chi connectivity index (χ0n) is 16.2. The molecule has 3 rings (SSSR count). The van der Waals surface area contributed by atoms with E-state index in [0.717, 1.165) is 15.4 Å². The number of nitrogens with one attached hydrogen (secondary N) is 1. The smallest absolute Gasteiger partial charge is 0.267 e. The summed E-state index contributed by atoms with van der Waals surface area (Å²) >= 11 is 2.18. The largest absolute Gasteiger partial charge is 0.476 e. The Morgan fingerprint density at radius 2 is 1.82 bits per heavy atom. The number of benzene rings is 2. The van der Waals surface area contributed by atoms with Crippen molar-refractivity contribution >= 4 is 49.9 Å². The van der Waals surface area contributed by atoms with Crippen LogP contribution in [0, 0.1) is 3.57 Å². The predicted molar refractivity (Wildman–Crippen MR) is 120 cm³/mol. The monoisotopic (exact) mass is 514 g/mol. The number of hydrogen-bond donors (Lipinski definition) is 1. The number of anilines is 2. The van der Waals surface area contributed by atoms with Crippen LogP contribution in [-0.4, -0.2) is 33.2 Å². The van der Waals surface area contributed by atoms with E-state index in [1.165, 1.54) is 4.31 Å². The van der Waals surface area contributed by atoms with Crippen LogP contribution in [0.1, 0.15) is 26.3 Å². The molecule has 2 aromatic carbocycles. The van der Waals surface area contributed by atoms with Crippen molar-refractivity contribution in [3.63, 3.8) is 0 Å². The first-order valence-electron chi connectivity index (χ1n) is 8.80. The van der Waals surface area contributed by atoms with E-state index in [4.69, 9.17) is 4.74 Å². The number of hydrogen-bond acceptors (Lipinski definition) is 4. The third kappa shape index (κ3) is 4.60. The van der Waals surface area contributed by atoms with Crippen molar-refractivity contribution in [1.29, 1.82) is 0 Å². The second-order valence-corrected chi connectivity index (χ2v) is 11.0. The number of amides is 1. The number of nitrogens with zero attached hydrogens (tertiary/aromatic N) is 1. The Morgan fingerprint density at radius 3 is 2.39 bits per heavy atom. The average molecular weight is 514 g/mol. The molecule has 1 atom stereocenters. The summed E-state index contributed by atoms with van der Waals surface area (Å²) in [6.45, 7) is 6.09. The van der Waals surface area contributed by atoms with Crippen LogP contribution in [0.2, 0.25) is 0 Å². The fraction of sp³-hybridized carbons (Fsp3) is 0.350. The standard InChI is InChI=1S/C20H23IN2O4S/c1-20(2,3)13-5-10-17-16(11-13)23(28(4,25)26)12-18(27-17)19(24)22-15-8-6-14(21)7-9-15/h5-11,18H,12H2,1-4H3,(H,22,24). The lowest BCUT2D eigenvalue weighted by Gasteiger charge is -2.35. The molecule has 0 fully saturated rings. The fourth-order valence-electron chi connectivity index (χ4n) is 2.92. The number of carbonyl (C=O) groups is 1. The summed E-state index contributed by atoms with van der Waals surface area (Å²) in [7, 11) is -3.57. The zero-order valence-corrected chi connectivity index (χ0v) is 19.2. The van der Waals surface area contributed by atoms with Crippen molar-refractivity contribution in [2.45, 2.75) is 32.3 Å². The Hall–Kier alpha value is -1.81. The number of carbonyl (C=O) groups excluding carboxylic acids is 1. The Labute approximate surface area is 179 Å². The highest BCUT2D eigenvalue weighted by atomic mass is 127. The summed E-state index contributed by atoms with van der Waals surface area (Å²) in [6.07, 6.45) is 0.196. The van der Waals surface area contributed by atoms with Gasteiger partial charge >= 0.3 is 0 Å². The van der Waals surface area contributed by atoms with Crippen LogP contribution in [0.3, 0.4) is 0 Å². The molecule has 8 heteroatoms. The van der Waals surface area contributed by atoms with Crippen LogP contribution in [0.5, 0.6) is 5.75 Å². The number of rotatable bonds is 3. The van der Waals surface area contributed by atoms with Gasteiger partial charge in [-0.1, -0.05) is 26.8 Å². The first-order valence-corrected chi connectivity index (χ1v) is 11.7. The second kappa shape index (κ2) is 7.55. The van der Waals surface area contributed by atoms with Gasteiger partial charge in [-0.15, -0.1) is 0 Å². The van der Waals surface area contributed by atoms with Crippen molar-refractivity contribution in [2.75, 3.05) is 22.4 Å². The number of sulfonamides is 1. The van der Waals surface area contributed by atoms with Gasteiger partial charge in [0.15, 0.2) is 6.10 Å². The molecule has 28 heavy (non-hydrogen) atoms. The topological polar surface area (TPSA) is 75.7 Å². The summed E-state index contributed by atoms with van der Waals surface area (Å²) in [5.41, 5.74) is 1.95. The third-order valence-electron chi connectivity index (χ3n) is 4.50. The first kappa shape index (κ1) is 20.9. The lowest BCUT2D eigenvalue weighted by atomic mass is 9.86. The molecule has 0 saturated heterocycles. The molecule has 1 N–H and O–H groups in total. The summed E-state index contributed by atoms with van der Waals surface area (Å²) in [4.78, 5) is 12.7. The van der Waals surface area contributed by atoms with E-state index in [2.05, 4.69) is 48.7 Å². The van der Waals surface area contributed by atoms with Crippen molar-refractivity contribution < 1.29 is 17.9 Å². The Kier molecular flexibility index (Phi) is 5.64. The number of fused-ring (bicyclic) bond motifs is 1. The molecular weight excluding hydrogens is 491 g/mol. The van der Waals surface area contributed by atoms with E-state index in [1.807, 2.05) is 24.3 Å². The highest BCUT2D eigenvalue weighted by Gasteiger charge is 2.35. The Balaban J connectivity index is 1.92. The van der Waals surface area contributed by atoms with Gasteiger partial charge in [-0.05, 0) is 70.0 Å². The minimum Gasteiger partial charge on any atom is -0.476 e. The summed E-state index contributed by atoms with van der Waals surface area (Å²) in [6, 6.07) is 12.8. The first-order chi connectivity index (χ1) is 12.9. The predicted octanol–water partition coefficient (Wildman–Crippen LogP) is 3.75. The van der Waals surface area contributed by atoms with Crippen LogP contribution < -0.4 is 14.4 Å². The van der Waals surface area contributed by atoms with Crippen LogP contribution in [0.15, 0.2) is 42.5 Å². The van der Waals surface area contributed by atoms with Gasteiger partial charge in [0.2, 0.25) is 10.0 Å². The summed E-state index contributed by atoms with van der Waals surface area (Å²) in [5.74, 6) is -0.00663. The molecule has 1 amide bonds. The highest BCUT2D eigenvalue weighted by Crippen LogP contribution is 2.38. The molecule has 0 radical (unpaired) electrons. The van der Waals surface area contributed by atoms with E-state index in [0.29, 0.717) is 17.1 Å². The van der Waals surface area contributed by atoms with Crippen molar-refractivity contribution in [1.82, 2.24) is 0 Å². The van der Waals surface area contributed by atoms with Crippen molar-refractivity contribution in [3.05, 3.63) is 51.6 Å². The average Bonchev–Trinajstić information content (AvgIpc) is 2.60. The molecule has 150 valence electrons. The minimum atomic E-state index is -3.57. The Bertz CT molecular complexity index is 998. The zero-order chi connectivity index (χ0) is 20.7. The Morgan fingerprint density at radius 1 is 1.18 bits per heavy atom. The molecule has 1 unspecified atom stereocenters. The minimum absolute atomic E-state index is 0.0738. The van der Waals surface area contributed by atoms with Crippen LogP contribution in [0.25, 0.3) is 0 Å². The number of halogens is 1. The van der Waals surface area contributed by atoms with Gasteiger partial charge in [-0.25, -0.2) is 8.42 Å². The second-order valence-electron chi connectivity index (χ2n) is 7.83. The van der Waals surface area contributed by atoms with E-state index in [1.54, 1.807) is 18.2 Å². The van der Waals surface area contributed by atoms with E-state index in [9.17, 15) is 13.2 Å². The van der Waals surface area contributed by atoms with Crippen molar-refractivity contribution in [2.24, 2.45) is 0 Å². The molecule has 0 aliphatic carbocycles. The lowest BCUT2D eigenvalue weighted by molar-refractivity contribution is -0.122. The SMILES string of the molecule is CC(C)(C)c1ccc2c(c1)N(S(C)(=O)=O)CC(C(=O)Nc1ccc(I)cc1)O2. The number of ether oxygens (including phenoxy) is 1. The van der Waals surface area contributed by atoms with E-state index in [-0.39, 0.29) is 17.9 Å². The van der Waals surface area contributed by atoms with E-state index >= 15 is 0 Å². The van der Waals surface area contributed by atoms with Crippen LogP contribution in [0.4, 0.5) is 11.4 Å². The van der Waals surface area contributed by atoms with Crippen LogP contribution >= 0.6 is 22.6 Å². The lowest BCUT2D eigenvalue weighted by Crippen LogP contribution is -2.48. The molecular formula is C20H23IN2O4S. The quantitative estimate of drug-likeness (QED) is 0.634. The molecule has 2 aromatic rings. The van der Waals surface area contributed by atoms with E-state index < -0.39 is 16.1 Å². The molecule has 0 bridgehead atoms. The summed E-state index contributed by atoms with van der Waals surface area (Å²) < 4.78 is 33.0. The molecule has 6 nitrogen and oxygen atoms in total.